The zero-order valence-corrected chi connectivity index (χ0v) is 19.8. The summed E-state index contributed by atoms with van der Waals surface area (Å²) in [5.74, 6) is -3.30. The highest BCUT2D eigenvalue weighted by Crippen LogP contribution is 2.19. The SMILES string of the molecule is CC(C)C(NC(=O)C1CCCN1)C(=O)NC(CO)C(=O)NC(Cc1c[nH]c2ccccc12)C(=O)O. The number of carboxylic acid groups (broad SMARTS) is 1. The fourth-order valence-corrected chi connectivity index (χ4v) is 4.15. The van der Waals surface area contributed by atoms with Gasteiger partial charge in [-0.25, -0.2) is 4.79 Å². The molecular weight excluding hydrogens is 454 g/mol. The number of carbonyl (C=O) groups is 4. The third-order valence-electron chi connectivity index (χ3n) is 6.15. The van der Waals surface area contributed by atoms with Crippen LogP contribution in [0.4, 0.5) is 0 Å². The molecule has 1 saturated heterocycles. The van der Waals surface area contributed by atoms with Gasteiger partial charge in [0.05, 0.1) is 12.6 Å². The topological polar surface area (TPSA) is 173 Å². The third-order valence-corrected chi connectivity index (χ3v) is 6.15. The molecule has 1 aromatic heterocycles. The Kier molecular flexibility index (Phi) is 8.83. The summed E-state index contributed by atoms with van der Waals surface area (Å²) in [6, 6.07) is 3.44. The minimum absolute atomic E-state index is 0.0102. The van der Waals surface area contributed by atoms with Gasteiger partial charge in [-0.1, -0.05) is 32.0 Å². The van der Waals surface area contributed by atoms with Crippen molar-refractivity contribution in [3.05, 3.63) is 36.0 Å². The van der Waals surface area contributed by atoms with Gasteiger partial charge in [0.15, 0.2) is 0 Å². The summed E-state index contributed by atoms with van der Waals surface area (Å²) in [5.41, 5.74) is 1.55. The molecule has 1 aliphatic rings. The monoisotopic (exact) mass is 487 g/mol. The second kappa shape index (κ2) is 11.8. The van der Waals surface area contributed by atoms with Crippen molar-refractivity contribution in [2.45, 2.75) is 57.3 Å². The zero-order valence-electron chi connectivity index (χ0n) is 19.8. The lowest BCUT2D eigenvalue weighted by Gasteiger charge is -2.26. The molecule has 190 valence electrons. The van der Waals surface area contributed by atoms with Crippen LogP contribution in [0.5, 0.6) is 0 Å². The Morgan fingerprint density at radius 3 is 2.40 bits per heavy atom. The van der Waals surface area contributed by atoms with Gasteiger partial charge in [0, 0.05) is 23.5 Å². The van der Waals surface area contributed by atoms with Crippen LogP contribution in [0.15, 0.2) is 30.5 Å². The van der Waals surface area contributed by atoms with Crippen molar-refractivity contribution in [3.8, 4) is 0 Å². The molecular formula is C24H33N5O6. The molecule has 0 spiro atoms. The molecule has 35 heavy (non-hydrogen) atoms. The Bertz CT molecular complexity index is 1060. The molecule has 1 aliphatic heterocycles. The van der Waals surface area contributed by atoms with E-state index in [1.165, 1.54) is 0 Å². The molecule has 11 nitrogen and oxygen atoms in total. The molecule has 2 aromatic rings. The molecule has 0 radical (unpaired) electrons. The number of carbonyl (C=O) groups excluding carboxylic acids is 3. The molecule has 7 N–H and O–H groups in total. The van der Waals surface area contributed by atoms with E-state index >= 15 is 0 Å². The van der Waals surface area contributed by atoms with E-state index < -0.39 is 42.5 Å². The van der Waals surface area contributed by atoms with Crippen LogP contribution in [0.3, 0.4) is 0 Å². The summed E-state index contributed by atoms with van der Waals surface area (Å²) in [5, 5.41) is 30.9. The van der Waals surface area contributed by atoms with E-state index in [-0.39, 0.29) is 24.3 Å². The Morgan fingerprint density at radius 2 is 1.77 bits per heavy atom. The van der Waals surface area contributed by atoms with Crippen molar-refractivity contribution in [2.75, 3.05) is 13.2 Å². The van der Waals surface area contributed by atoms with Gasteiger partial charge in [-0.2, -0.15) is 0 Å². The third kappa shape index (κ3) is 6.58. The first-order valence-corrected chi connectivity index (χ1v) is 11.7. The number of fused-ring (bicyclic) bond motifs is 1. The smallest absolute Gasteiger partial charge is 0.326 e. The average Bonchev–Trinajstić information content (AvgIpc) is 3.50. The number of amides is 3. The highest BCUT2D eigenvalue weighted by Gasteiger charge is 2.32. The van der Waals surface area contributed by atoms with Gasteiger partial charge >= 0.3 is 5.97 Å². The van der Waals surface area contributed by atoms with E-state index in [0.717, 1.165) is 23.9 Å². The molecule has 1 aromatic carbocycles. The van der Waals surface area contributed by atoms with Gasteiger partial charge in [0.2, 0.25) is 17.7 Å². The largest absolute Gasteiger partial charge is 0.480 e. The molecule has 4 atom stereocenters. The normalized spacial score (nSPS) is 18.1. The van der Waals surface area contributed by atoms with Gasteiger partial charge in [0.25, 0.3) is 0 Å². The lowest BCUT2D eigenvalue weighted by molar-refractivity contribution is -0.142. The summed E-state index contributed by atoms with van der Waals surface area (Å²) >= 11 is 0. The van der Waals surface area contributed by atoms with E-state index in [1.807, 2.05) is 24.3 Å². The maximum Gasteiger partial charge on any atom is 0.326 e. The number of aliphatic hydroxyl groups is 1. The second-order valence-electron chi connectivity index (χ2n) is 9.09. The van der Waals surface area contributed by atoms with Gasteiger partial charge in [-0.05, 0) is 36.9 Å². The number of hydrogen-bond donors (Lipinski definition) is 7. The number of carboxylic acids is 1. The van der Waals surface area contributed by atoms with Crippen LogP contribution in [0.1, 0.15) is 32.3 Å². The predicted molar refractivity (Wildman–Crippen MR) is 128 cm³/mol. The fraction of sp³-hybridized carbons (Fsp3) is 0.500. The molecule has 1 fully saturated rings. The van der Waals surface area contributed by atoms with Gasteiger partial charge in [-0.3, -0.25) is 14.4 Å². The molecule has 11 heteroatoms. The quantitative estimate of drug-likeness (QED) is 0.227. The van der Waals surface area contributed by atoms with Crippen molar-refractivity contribution in [1.29, 1.82) is 0 Å². The van der Waals surface area contributed by atoms with Crippen molar-refractivity contribution < 1.29 is 29.4 Å². The fourth-order valence-electron chi connectivity index (χ4n) is 4.15. The van der Waals surface area contributed by atoms with E-state index in [1.54, 1.807) is 20.0 Å². The summed E-state index contributed by atoms with van der Waals surface area (Å²) in [6.07, 6.45) is 3.24. The first-order chi connectivity index (χ1) is 16.7. The Hall–Kier alpha value is -3.44. The van der Waals surface area contributed by atoms with E-state index in [0.29, 0.717) is 12.0 Å². The number of hydrogen-bond acceptors (Lipinski definition) is 6. The number of aliphatic hydroxyl groups excluding tert-OH is 1. The van der Waals surface area contributed by atoms with Crippen molar-refractivity contribution >= 4 is 34.6 Å². The van der Waals surface area contributed by atoms with Crippen molar-refractivity contribution in [3.63, 3.8) is 0 Å². The molecule has 3 amide bonds. The maximum absolute atomic E-state index is 12.9. The van der Waals surface area contributed by atoms with Crippen LogP contribution < -0.4 is 21.3 Å². The van der Waals surface area contributed by atoms with E-state index in [9.17, 15) is 29.4 Å². The summed E-state index contributed by atoms with van der Waals surface area (Å²) in [7, 11) is 0. The standard InChI is InChI=1S/C24H33N5O6/c1-13(2)20(29-21(31)17-8-5-9-25-17)23(33)28-19(12-30)22(32)27-18(24(34)35)10-14-11-26-16-7-4-3-6-15(14)16/h3-4,6-7,11,13,17-20,25-26,30H,5,8-10,12H2,1-2H3,(H,27,32)(H,28,33)(H,29,31)(H,34,35). The van der Waals surface area contributed by atoms with Crippen LogP contribution in [-0.4, -0.2) is 76.2 Å². The average molecular weight is 488 g/mol. The number of benzene rings is 1. The molecule has 3 rings (SSSR count). The lowest BCUT2D eigenvalue weighted by Crippen LogP contribution is -2.59. The number of H-pyrrole nitrogens is 1. The van der Waals surface area contributed by atoms with E-state index in [2.05, 4.69) is 26.3 Å². The lowest BCUT2D eigenvalue weighted by atomic mass is 10.0. The van der Waals surface area contributed by atoms with Crippen molar-refractivity contribution in [2.24, 2.45) is 5.92 Å². The number of aromatic amines is 1. The van der Waals surface area contributed by atoms with Crippen LogP contribution in [-0.2, 0) is 25.6 Å². The minimum atomic E-state index is -1.38. The second-order valence-corrected chi connectivity index (χ2v) is 9.09. The Balaban J connectivity index is 1.64. The molecule has 0 aliphatic carbocycles. The van der Waals surface area contributed by atoms with Crippen molar-refractivity contribution in [1.82, 2.24) is 26.3 Å². The van der Waals surface area contributed by atoms with Crippen LogP contribution >= 0.6 is 0 Å². The molecule has 2 heterocycles. The molecule has 4 unspecified atom stereocenters. The first-order valence-electron chi connectivity index (χ1n) is 11.7. The van der Waals surface area contributed by atoms with Crippen LogP contribution in [0, 0.1) is 5.92 Å². The van der Waals surface area contributed by atoms with Crippen LogP contribution in [0.25, 0.3) is 10.9 Å². The summed E-state index contributed by atoms with van der Waals surface area (Å²) in [4.78, 5) is 53.0. The predicted octanol–water partition coefficient (Wildman–Crippen LogP) is -0.350. The number of rotatable bonds is 11. The van der Waals surface area contributed by atoms with Crippen LogP contribution in [0.2, 0.25) is 0 Å². The zero-order chi connectivity index (χ0) is 25.5. The Morgan fingerprint density at radius 1 is 1.06 bits per heavy atom. The number of aliphatic carboxylic acids is 1. The number of aromatic nitrogens is 1. The summed E-state index contributed by atoms with van der Waals surface area (Å²) < 4.78 is 0. The minimum Gasteiger partial charge on any atom is -0.480 e. The molecule has 0 saturated carbocycles. The van der Waals surface area contributed by atoms with Gasteiger partial charge in [-0.15, -0.1) is 0 Å². The number of para-hydroxylation sites is 1. The van der Waals surface area contributed by atoms with Gasteiger partial charge in [0.1, 0.15) is 18.1 Å². The Labute approximate surface area is 203 Å². The number of nitrogens with one attached hydrogen (secondary N) is 5. The van der Waals surface area contributed by atoms with Gasteiger partial charge < -0.3 is 36.5 Å². The molecule has 0 bridgehead atoms. The highest BCUT2D eigenvalue weighted by molar-refractivity contribution is 5.94. The maximum atomic E-state index is 12.9. The first kappa shape index (κ1) is 26.2. The van der Waals surface area contributed by atoms with E-state index in [4.69, 9.17) is 0 Å². The highest BCUT2D eigenvalue weighted by atomic mass is 16.4. The summed E-state index contributed by atoms with van der Waals surface area (Å²) in [6.45, 7) is 3.50.